The number of carbonyl (C=O) groups excluding carboxylic acids is 1. The smallest absolute Gasteiger partial charge is 0.308 e. The zero-order chi connectivity index (χ0) is 25.4. The number of carboxylic acid groups (broad SMARTS) is 1. The summed E-state index contributed by atoms with van der Waals surface area (Å²) in [7, 11) is 0. The van der Waals surface area contributed by atoms with E-state index in [2.05, 4.69) is 17.0 Å². The number of nitrogens with zero attached hydrogens (tertiary/aromatic N) is 5. The predicted molar refractivity (Wildman–Crippen MR) is 135 cm³/mol. The molecule has 2 fully saturated rings. The van der Waals surface area contributed by atoms with Crippen molar-refractivity contribution in [2.75, 3.05) is 24.5 Å². The van der Waals surface area contributed by atoms with Crippen LogP contribution in [0.5, 0.6) is 0 Å². The van der Waals surface area contributed by atoms with Crippen LogP contribution >= 0.6 is 0 Å². The monoisotopic (exact) mass is 493 g/mol. The Bertz CT molecular complexity index is 1310. The van der Waals surface area contributed by atoms with Crippen molar-refractivity contribution in [2.24, 2.45) is 5.92 Å². The molecule has 8 nitrogen and oxygen atoms in total. The first-order valence-corrected chi connectivity index (χ1v) is 12.8. The number of hydrogen-bond acceptors (Lipinski definition) is 5. The molecule has 0 unspecified atom stereocenters. The van der Waals surface area contributed by atoms with Gasteiger partial charge < -0.3 is 14.9 Å². The fourth-order valence-corrected chi connectivity index (χ4v) is 5.36. The molecule has 1 amide bonds. The maximum atomic E-state index is 15.2. The average molecular weight is 494 g/mol. The number of aryl methyl sites for hydroxylation is 1. The van der Waals surface area contributed by atoms with E-state index in [0.29, 0.717) is 54.2 Å². The summed E-state index contributed by atoms with van der Waals surface area (Å²) in [5.74, 6) is -1.74. The number of amides is 1. The summed E-state index contributed by atoms with van der Waals surface area (Å²) in [5, 5.41) is 13.9. The third kappa shape index (κ3) is 4.54. The molecular formula is C27H32FN5O3. The lowest BCUT2D eigenvalue weighted by atomic mass is 10.1. The zero-order valence-corrected chi connectivity index (χ0v) is 20.8. The molecule has 0 bridgehead atoms. The number of aliphatic carboxylic acids is 1. The maximum Gasteiger partial charge on any atom is 0.308 e. The first-order chi connectivity index (χ1) is 17.4. The van der Waals surface area contributed by atoms with Crippen molar-refractivity contribution in [1.29, 1.82) is 0 Å². The van der Waals surface area contributed by atoms with Crippen molar-refractivity contribution >= 4 is 23.2 Å². The Balaban J connectivity index is 1.45. The van der Waals surface area contributed by atoms with E-state index in [1.807, 2.05) is 16.7 Å². The fourth-order valence-electron chi connectivity index (χ4n) is 5.36. The molecule has 0 radical (unpaired) electrons. The average Bonchev–Trinajstić information content (AvgIpc) is 3.47. The van der Waals surface area contributed by atoms with Crippen molar-refractivity contribution in [2.45, 2.75) is 58.4 Å². The topological polar surface area (TPSA) is 91.0 Å². The number of fused-ring (bicyclic) bond motifs is 1. The molecule has 4 heterocycles. The third-order valence-corrected chi connectivity index (χ3v) is 7.53. The third-order valence-electron chi connectivity index (χ3n) is 7.53. The van der Waals surface area contributed by atoms with Crippen LogP contribution in [0.1, 0.15) is 62.1 Å². The summed E-state index contributed by atoms with van der Waals surface area (Å²) in [6.45, 7) is 5.78. The number of halogens is 1. The first kappa shape index (κ1) is 24.2. The molecule has 5 rings (SSSR count). The molecule has 2 aromatic heterocycles. The molecule has 1 aromatic carbocycles. The van der Waals surface area contributed by atoms with Crippen LogP contribution in [-0.4, -0.2) is 62.2 Å². The lowest BCUT2D eigenvalue weighted by Gasteiger charge is -2.27. The summed E-state index contributed by atoms with van der Waals surface area (Å²) in [5.41, 5.74) is 3.20. The number of hydrogen-bond donors (Lipinski definition) is 1. The van der Waals surface area contributed by atoms with E-state index in [-0.39, 0.29) is 11.9 Å². The second-order valence-corrected chi connectivity index (χ2v) is 9.92. The molecule has 0 saturated carbocycles. The standard InChI is InChI=1S/C27H32FN5O3/c1-3-19-14-24(26(34)32-11-6-4-5-7-17(32)2)29-25-15-23(30-33(19)25)21-9-8-20(13-22(21)28)31-12-10-18(16-31)27(35)36/h8-9,13-15,17-18H,3-7,10-12,16H2,1-2H3,(H,35,36)/t17-,18+/m1/s1. The maximum absolute atomic E-state index is 15.2. The van der Waals surface area contributed by atoms with E-state index >= 15 is 4.39 Å². The quantitative estimate of drug-likeness (QED) is 0.566. The molecule has 2 saturated heterocycles. The Morgan fingerprint density at radius 2 is 1.94 bits per heavy atom. The minimum absolute atomic E-state index is 0.0647. The predicted octanol–water partition coefficient (Wildman–Crippen LogP) is 4.41. The number of likely N-dealkylation sites (tertiary alicyclic amines) is 1. The molecule has 2 aliphatic heterocycles. The van der Waals surface area contributed by atoms with Gasteiger partial charge in [0, 0.05) is 48.7 Å². The molecule has 1 N–H and O–H groups in total. The van der Waals surface area contributed by atoms with Gasteiger partial charge in [-0.1, -0.05) is 19.8 Å². The van der Waals surface area contributed by atoms with Crippen molar-refractivity contribution in [3.63, 3.8) is 0 Å². The van der Waals surface area contributed by atoms with Crippen LogP contribution in [0.15, 0.2) is 30.3 Å². The van der Waals surface area contributed by atoms with Gasteiger partial charge in [-0.2, -0.15) is 5.10 Å². The van der Waals surface area contributed by atoms with Crippen LogP contribution in [-0.2, 0) is 11.2 Å². The Labute approximate surface area is 209 Å². The van der Waals surface area contributed by atoms with Crippen molar-refractivity contribution in [3.8, 4) is 11.3 Å². The molecule has 2 atom stereocenters. The Kier molecular flexibility index (Phi) is 6.64. The van der Waals surface area contributed by atoms with Crippen LogP contribution in [0.4, 0.5) is 10.1 Å². The van der Waals surface area contributed by atoms with Gasteiger partial charge in [0.05, 0.1) is 11.6 Å². The van der Waals surface area contributed by atoms with Crippen molar-refractivity contribution < 1.29 is 19.1 Å². The Morgan fingerprint density at radius 3 is 2.67 bits per heavy atom. The minimum Gasteiger partial charge on any atom is -0.481 e. The van der Waals surface area contributed by atoms with Crippen molar-refractivity contribution in [1.82, 2.24) is 19.5 Å². The highest BCUT2D eigenvalue weighted by molar-refractivity contribution is 5.93. The number of benzene rings is 1. The molecule has 2 aliphatic rings. The number of carbonyl (C=O) groups is 2. The number of anilines is 1. The van der Waals surface area contributed by atoms with Gasteiger partial charge >= 0.3 is 5.97 Å². The van der Waals surface area contributed by atoms with Crippen LogP contribution in [0.2, 0.25) is 0 Å². The van der Waals surface area contributed by atoms with Gasteiger partial charge in [-0.05, 0) is 56.9 Å². The van der Waals surface area contributed by atoms with Gasteiger partial charge in [0.15, 0.2) is 5.65 Å². The van der Waals surface area contributed by atoms with Gasteiger partial charge in [-0.15, -0.1) is 0 Å². The fraction of sp³-hybridized carbons (Fsp3) is 0.481. The highest BCUT2D eigenvalue weighted by atomic mass is 19.1. The first-order valence-electron chi connectivity index (χ1n) is 12.8. The highest BCUT2D eigenvalue weighted by Gasteiger charge is 2.29. The van der Waals surface area contributed by atoms with Gasteiger partial charge in [-0.3, -0.25) is 9.59 Å². The molecule has 9 heteroatoms. The largest absolute Gasteiger partial charge is 0.481 e. The normalized spacial score (nSPS) is 20.6. The molecule has 0 spiro atoms. The Morgan fingerprint density at radius 1 is 1.11 bits per heavy atom. The second kappa shape index (κ2) is 9.87. The van der Waals surface area contributed by atoms with E-state index in [1.165, 1.54) is 6.07 Å². The number of rotatable bonds is 5. The van der Waals surface area contributed by atoms with Crippen LogP contribution in [0.25, 0.3) is 16.9 Å². The zero-order valence-electron chi connectivity index (χ0n) is 20.8. The van der Waals surface area contributed by atoms with E-state index in [9.17, 15) is 14.7 Å². The molecule has 3 aromatic rings. The summed E-state index contributed by atoms with van der Waals surface area (Å²) in [6, 6.07) is 8.62. The molecule has 36 heavy (non-hydrogen) atoms. The van der Waals surface area contributed by atoms with Gasteiger partial charge in [0.1, 0.15) is 11.5 Å². The van der Waals surface area contributed by atoms with Crippen LogP contribution < -0.4 is 4.90 Å². The lowest BCUT2D eigenvalue weighted by molar-refractivity contribution is -0.140. The van der Waals surface area contributed by atoms with Gasteiger partial charge in [-0.25, -0.2) is 13.9 Å². The second-order valence-electron chi connectivity index (χ2n) is 9.92. The lowest BCUT2D eigenvalue weighted by Crippen LogP contribution is -2.38. The molecule has 0 aliphatic carbocycles. The van der Waals surface area contributed by atoms with Crippen LogP contribution in [0.3, 0.4) is 0 Å². The van der Waals surface area contributed by atoms with E-state index in [1.54, 1.807) is 28.8 Å². The Hall–Kier alpha value is -3.49. The van der Waals surface area contributed by atoms with Gasteiger partial charge in [0.25, 0.3) is 5.91 Å². The minimum atomic E-state index is -0.818. The summed E-state index contributed by atoms with van der Waals surface area (Å²) in [6.07, 6.45) is 5.46. The molecule has 190 valence electrons. The number of carboxylic acids is 1. The summed E-state index contributed by atoms with van der Waals surface area (Å²) < 4.78 is 16.9. The SMILES string of the molecule is CCc1cc(C(=O)N2CCCCC[C@H]2C)nc2cc(-c3ccc(N4CC[C@H](C(=O)O)C4)cc3F)nn12. The van der Waals surface area contributed by atoms with Crippen molar-refractivity contribution in [3.05, 3.63) is 47.5 Å². The highest BCUT2D eigenvalue weighted by Crippen LogP contribution is 2.30. The summed E-state index contributed by atoms with van der Waals surface area (Å²) in [4.78, 5) is 33.1. The van der Waals surface area contributed by atoms with E-state index in [0.717, 1.165) is 37.9 Å². The van der Waals surface area contributed by atoms with Crippen LogP contribution in [0, 0.1) is 11.7 Å². The van der Waals surface area contributed by atoms with E-state index < -0.39 is 17.7 Å². The number of aromatic nitrogens is 3. The summed E-state index contributed by atoms with van der Waals surface area (Å²) >= 11 is 0. The molecular weight excluding hydrogens is 461 g/mol. The van der Waals surface area contributed by atoms with Gasteiger partial charge in [0.2, 0.25) is 0 Å². The van der Waals surface area contributed by atoms with E-state index in [4.69, 9.17) is 0 Å².